The van der Waals surface area contributed by atoms with E-state index in [9.17, 15) is 25.2 Å². The zero-order valence-corrected chi connectivity index (χ0v) is 13.0. The number of aldehydes is 1. The van der Waals surface area contributed by atoms with E-state index in [2.05, 4.69) is 0 Å². The van der Waals surface area contributed by atoms with Crippen molar-refractivity contribution in [2.75, 3.05) is 13.7 Å². The monoisotopic (exact) mass is 340 g/mol. The van der Waals surface area contributed by atoms with Crippen LogP contribution >= 0.6 is 0 Å². The van der Waals surface area contributed by atoms with E-state index in [1.165, 1.54) is 13.2 Å². The Labute approximate surface area is 138 Å². The van der Waals surface area contributed by atoms with Crippen LogP contribution in [0.3, 0.4) is 0 Å². The lowest BCUT2D eigenvalue weighted by molar-refractivity contribution is -0.277. The third-order valence-corrected chi connectivity index (χ3v) is 3.65. The van der Waals surface area contributed by atoms with Gasteiger partial charge in [0.05, 0.1) is 13.7 Å². The molecule has 1 aromatic rings. The van der Waals surface area contributed by atoms with E-state index in [4.69, 9.17) is 14.2 Å². The molecule has 1 saturated heterocycles. The summed E-state index contributed by atoms with van der Waals surface area (Å²) in [4.78, 5) is 10.4. The highest BCUT2D eigenvalue weighted by Crippen LogP contribution is 2.32. The lowest BCUT2D eigenvalue weighted by Crippen LogP contribution is -2.60. The van der Waals surface area contributed by atoms with Crippen LogP contribution in [-0.4, -0.2) is 71.1 Å². The fourth-order valence-electron chi connectivity index (χ4n) is 2.33. The Kier molecular flexibility index (Phi) is 6.29. The molecule has 0 aliphatic carbocycles. The number of carbonyl (C=O) groups is 1. The van der Waals surface area contributed by atoms with Crippen LogP contribution in [0.1, 0.15) is 5.56 Å². The quantitative estimate of drug-likeness (QED) is 0.387. The summed E-state index contributed by atoms with van der Waals surface area (Å²) >= 11 is 0. The fraction of sp³-hybridized carbons (Fsp3) is 0.438. The maximum atomic E-state index is 10.4. The molecule has 1 unspecified atom stereocenters. The first-order chi connectivity index (χ1) is 11.5. The van der Waals surface area contributed by atoms with Gasteiger partial charge in [-0.2, -0.15) is 0 Å². The van der Waals surface area contributed by atoms with Gasteiger partial charge in [0.1, 0.15) is 30.7 Å². The van der Waals surface area contributed by atoms with Gasteiger partial charge in [0.15, 0.2) is 11.5 Å². The largest absolute Gasteiger partial charge is 0.493 e. The number of rotatable bonds is 6. The molecule has 1 fully saturated rings. The van der Waals surface area contributed by atoms with Crippen LogP contribution in [-0.2, 0) is 9.53 Å². The SMILES string of the molecule is COc1cc(C=CC=O)ccc1OC1O[C@H](CO)[C@@H](O)[C@H](O)[C@H]1O. The summed E-state index contributed by atoms with van der Waals surface area (Å²) in [7, 11) is 1.42. The number of ether oxygens (including phenoxy) is 3. The number of carbonyl (C=O) groups excluding carboxylic acids is 1. The van der Waals surface area contributed by atoms with Crippen LogP contribution in [0.25, 0.3) is 6.08 Å². The molecule has 4 N–H and O–H groups in total. The van der Waals surface area contributed by atoms with Crippen LogP contribution < -0.4 is 9.47 Å². The summed E-state index contributed by atoms with van der Waals surface area (Å²) in [6.45, 7) is -0.544. The Morgan fingerprint density at radius 2 is 1.92 bits per heavy atom. The van der Waals surface area contributed by atoms with Gasteiger partial charge < -0.3 is 34.6 Å². The Bertz CT molecular complexity index is 585. The molecule has 0 amide bonds. The van der Waals surface area contributed by atoms with Crippen molar-refractivity contribution in [3.63, 3.8) is 0 Å². The van der Waals surface area contributed by atoms with Gasteiger partial charge in [-0.05, 0) is 23.8 Å². The maximum Gasteiger partial charge on any atom is 0.229 e. The van der Waals surface area contributed by atoms with Gasteiger partial charge in [-0.1, -0.05) is 12.1 Å². The molecule has 1 aromatic carbocycles. The normalized spacial score (nSPS) is 30.3. The van der Waals surface area contributed by atoms with Crippen molar-refractivity contribution in [3.8, 4) is 11.5 Å². The summed E-state index contributed by atoms with van der Waals surface area (Å²) in [6.07, 6.45) is -3.31. The molecule has 2 rings (SSSR count). The van der Waals surface area contributed by atoms with Crippen molar-refractivity contribution >= 4 is 12.4 Å². The first-order valence-electron chi connectivity index (χ1n) is 7.29. The molecule has 8 heteroatoms. The number of methoxy groups -OCH3 is 1. The van der Waals surface area contributed by atoms with Gasteiger partial charge in [-0.15, -0.1) is 0 Å². The summed E-state index contributed by atoms with van der Waals surface area (Å²) in [5, 5.41) is 38.7. The van der Waals surface area contributed by atoms with Crippen LogP contribution in [0.5, 0.6) is 11.5 Å². The molecule has 132 valence electrons. The zero-order valence-electron chi connectivity index (χ0n) is 13.0. The van der Waals surface area contributed by atoms with Crippen LogP contribution in [0.15, 0.2) is 24.3 Å². The third-order valence-electron chi connectivity index (χ3n) is 3.65. The van der Waals surface area contributed by atoms with E-state index in [-0.39, 0.29) is 5.75 Å². The summed E-state index contributed by atoms with van der Waals surface area (Å²) in [5.41, 5.74) is 0.695. The Morgan fingerprint density at radius 1 is 1.17 bits per heavy atom. The molecule has 5 atom stereocenters. The van der Waals surface area contributed by atoms with E-state index in [0.717, 1.165) is 0 Å². The summed E-state index contributed by atoms with van der Waals surface area (Å²) in [6, 6.07) is 4.81. The van der Waals surface area contributed by atoms with Gasteiger partial charge >= 0.3 is 0 Å². The molecule has 0 saturated carbocycles. The van der Waals surface area contributed by atoms with Crippen molar-refractivity contribution in [2.45, 2.75) is 30.7 Å². The number of aliphatic hydroxyl groups is 4. The van der Waals surface area contributed by atoms with Gasteiger partial charge in [0, 0.05) is 0 Å². The average molecular weight is 340 g/mol. The standard InChI is InChI=1S/C16H20O8/c1-22-11-7-9(3-2-6-17)4-5-10(11)23-16-15(21)14(20)13(19)12(8-18)24-16/h2-7,12-16,18-21H,8H2,1H3/t12-,13-,14+,15-,16?/m1/s1. The van der Waals surface area contributed by atoms with Crippen molar-refractivity contribution in [3.05, 3.63) is 29.8 Å². The van der Waals surface area contributed by atoms with Crippen molar-refractivity contribution in [1.82, 2.24) is 0 Å². The summed E-state index contributed by atoms with van der Waals surface area (Å²) in [5.74, 6) is 0.546. The second kappa shape index (κ2) is 8.22. The first-order valence-corrected chi connectivity index (χ1v) is 7.29. The predicted molar refractivity (Wildman–Crippen MR) is 82.5 cm³/mol. The molecule has 1 aliphatic heterocycles. The number of benzene rings is 1. The van der Waals surface area contributed by atoms with Gasteiger partial charge in [0.25, 0.3) is 0 Å². The number of hydrogen-bond acceptors (Lipinski definition) is 8. The molecule has 0 aromatic heterocycles. The topological polar surface area (TPSA) is 126 Å². The molecule has 0 bridgehead atoms. The molecular weight excluding hydrogens is 320 g/mol. The molecule has 24 heavy (non-hydrogen) atoms. The van der Waals surface area contributed by atoms with Crippen molar-refractivity contribution in [1.29, 1.82) is 0 Å². The fourth-order valence-corrected chi connectivity index (χ4v) is 2.33. The smallest absolute Gasteiger partial charge is 0.229 e. The van der Waals surface area contributed by atoms with Crippen LogP contribution in [0.4, 0.5) is 0 Å². The second-order valence-electron chi connectivity index (χ2n) is 5.22. The highest BCUT2D eigenvalue weighted by atomic mass is 16.7. The third kappa shape index (κ3) is 3.92. The van der Waals surface area contributed by atoms with Crippen molar-refractivity contribution < 1.29 is 39.4 Å². The number of hydrogen-bond donors (Lipinski definition) is 4. The van der Waals surface area contributed by atoms with Gasteiger partial charge in [0.2, 0.25) is 6.29 Å². The first kappa shape index (κ1) is 18.4. The van der Waals surface area contributed by atoms with E-state index >= 15 is 0 Å². The lowest BCUT2D eigenvalue weighted by Gasteiger charge is -2.39. The molecule has 0 radical (unpaired) electrons. The highest BCUT2D eigenvalue weighted by molar-refractivity contribution is 5.74. The maximum absolute atomic E-state index is 10.4. The highest BCUT2D eigenvalue weighted by Gasteiger charge is 2.44. The second-order valence-corrected chi connectivity index (χ2v) is 5.22. The number of allylic oxidation sites excluding steroid dienone is 1. The van der Waals surface area contributed by atoms with E-state index in [1.54, 1.807) is 24.3 Å². The molecule has 1 aliphatic rings. The average Bonchev–Trinajstić information content (AvgIpc) is 2.61. The minimum absolute atomic E-state index is 0.227. The lowest BCUT2D eigenvalue weighted by atomic mass is 9.99. The summed E-state index contributed by atoms with van der Waals surface area (Å²) < 4.78 is 16.0. The van der Waals surface area contributed by atoms with Crippen LogP contribution in [0.2, 0.25) is 0 Å². The predicted octanol–water partition coefficient (Wildman–Crippen LogP) is -0.914. The minimum Gasteiger partial charge on any atom is -0.493 e. The Morgan fingerprint density at radius 3 is 2.54 bits per heavy atom. The minimum atomic E-state index is -1.53. The molecule has 0 spiro atoms. The van der Waals surface area contributed by atoms with E-state index < -0.39 is 37.3 Å². The Balaban J connectivity index is 2.20. The Hall–Kier alpha value is -1.97. The molecular formula is C16H20O8. The van der Waals surface area contributed by atoms with Gasteiger partial charge in [-0.25, -0.2) is 0 Å². The van der Waals surface area contributed by atoms with Crippen molar-refractivity contribution in [2.24, 2.45) is 0 Å². The van der Waals surface area contributed by atoms with Gasteiger partial charge in [-0.3, -0.25) is 4.79 Å². The molecule has 1 heterocycles. The van der Waals surface area contributed by atoms with E-state index in [1.807, 2.05) is 0 Å². The zero-order chi connectivity index (χ0) is 17.7. The van der Waals surface area contributed by atoms with E-state index in [0.29, 0.717) is 17.6 Å². The van der Waals surface area contributed by atoms with Crippen LogP contribution in [0, 0.1) is 0 Å². The number of aliphatic hydroxyl groups excluding tert-OH is 4. The molecule has 8 nitrogen and oxygen atoms in total.